The molecule has 0 saturated carbocycles. The minimum atomic E-state index is -3.53. The molecule has 8 heteroatoms. The van der Waals surface area contributed by atoms with E-state index < -0.39 is 28.1 Å². The van der Waals surface area contributed by atoms with Gasteiger partial charge in [-0.05, 0) is 31.8 Å². The molecule has 1 rings (SSSR count). The van der Waals surface area contributed by atoms with Crippen LogP contribution in [-0.4, -0.2) is 37.4 Å². The summed E-state index contributed by atoms with van der Waals surface area (Å²) in [6.07, 6.45) is 0. The second kappa shape index (κ2) is 6.21. The lowest BCUT2D eigenvalue weighted by molar-refractivity contribution is 0.196. The van der Waals surface area contributed by atoms with Gasteiger partial charge in [0, 0.05) is 6.54 Å². The van der Waals surface area contributed by atoms with Crippen molar-refractivity contribution in [2.75, 3.05) is 6.54 Å². The average Bonchev–Trinajstić information content (AvgIpc) is 2.36. The van der Waals surface area contributed by atoms with Crippen molar-refractivity contribution in [3.8, 4) is 0 Å². The van der Waals surface area contributed by atoms with E-state index in [0.717, 1.165) is 0 Å². The first-order valence-corrected chi connectivity index (χ1v) is 7.75. The fourth-order valence-corrected chi connectivity index (χ4v) is 2.31. The topological polar surface area (TPSA) is 86.6 Å². The molecule has 5 nitrogen and oxygen atoms in total. The van der Waals surface area contributed by atoms with Crippen LogP contribution in [-0.2, 0) is 15.7 Å². The van der Waals surface area contributed by atoms with Crippen LogP contribution in [0.2, 0.25) is 0 Å². The molecule has 0 heterocycles. The zero-order valence-corrected chi connectivity index (χ0v) is 12.5. The number of sulfonamides is 1. The molecule has 1 atom stereocenters. The lowest BCUT2D eigenvalue weighted by Crippen LogP contribution is -2.39. The highest BCUT2D eigenvalue weighted by Crippen LogP contribution is 2.24. The molecule has 1 aromatic rings. The number of hydrogen-bond acceptors (Lipinski definition) is 4. The molecule has 20 heavy (non-hydrogen) atoms. The molecule has 0 amide bonds. The highest BCUT2D eigenvalue weighted by atomic mass is 32.2. The largest absolute Gasteiger partial charge is 0.488 e. The van der Waals surface area contributed by atoms with Gasteiger partial charge in [-0.15, -0.1) is 0 Å². The third-order valence-corrected chi connectivity index (χ3v) is 4.82. The predicted octanol–water partition coefficient (Wildman–Crippen LogP) is -0.121. The number of halogens is 1. The smallest absolute Gasteiger partial charge is 0.423 e. The number of benzene rings is 1. The van der Waals surface area contributed by atoms with E-state index in [1.165, 1.54) is 45.0 Å². The Morgan fingerprint density at radius 2 is 1.80 bits per heavy atom. The zero-order chi connectivity index (χ0) is 15.6. The Kier molecular flexibility index (Phi) is 5.31. The van der Waals surface area contributed by atoms with Crippen LogP contribution in [0.4, 0.5) is 4.39 Å². The van der Waals surface area contributed by atoms with E-state index in [1.54, 1.807) is 0 Å². The van der Waals surface area contributed by atoms with Crippen molar-refractivity contribution in [2.45, 2.75) is 31.7 Å². The van der Waals surface area contributed by atoms with Crippen LogP contribution in [0.3, 0.4) is 0 Å². The van der Waals surface area contributed by atoms with Gasteiger partial charge in [0.15, 0.2) is 0 Å². The van der Waals surface area contributed by atoms with Gasteiger partial charge in [0.05, 0.1) is 5.25 Å². The second-order valence-electron chi connectivity index (χ2n) is 5.11. The fourth-order valence-electron chi connectivity index (χ4n) is 1.51. The lowest BCUT2D eigenvalue weighted by atomic mass is 9.79. The molecular weight excluding hydrogens is 284 g/mol. The molecule has 112 valence electrons. The molecule has 0 fully saturated rings. The van der Waals surface area contributed by atoms with Crippen LogP contribution in [0.15, 0.2) is 24.3 Å². The van der Waals surface area contributed by atoms with Crippen LogP contribution in [0, 0.1) is 0 Å². The molecule has 0 aromatic heterocycles. The van der Waals surface area contributed by atoms with Gasteiger partial charge in [-0.2, -0.15) is 0 Å². The van der Waals surface area contributed by atoms with Crippen molar-refractivity contribution in [3.63, 3.8) is 0 Å². The minimum absolute atomic E-state index is 0.243. The van der Waals surface area contributed by atoms with Crippen LogP contribution < -0.4 is 10.2 Å². The Morgan fingerprint density at radius 1 is 1.30 bits per heavy atom. The van der Waals surface area contributed by atoms with E-state index >= 15 is 0 Å². The van der Waals surface area contributed by atoms with E-state index in [2.05, 4.69) is 4.72 Å². The molecule has 0 aliphatic heterocycles. The van der Waals surface area contributed by atoms with Crippen LogP contribution in [0.1, 0.15) is 26.3 Å². The van der Waals surface area contributed by atoms with E-state index in [-0.39, 0.29) is 17.6 Å². The molecule has 0 aliphatic carbocycles. The summed E-state index contributed by atoms with van der Waals surface area (Å²) in [5.74, 6) is 0. The Labute approximate surface area is 119 Å². The molecule has 0 saturated heterocycles. The number of hydrogen-bond donors (Lipinski definition) is 3. The lowest BCUT2D eigenvalue weighted by Gasteiger charge is -2.22. The van der Waals surface area contributed by atoms with E-state index in [1.807, 2.05) is 0 Å². The van der Waals surface area contributed by atoms with Crippen molar-refractivity contribution in [1.29, 1.82) is 0 Å². The van der Waals surface area contributed by atoms with Gasteiger partial charge < -0.3 is 10.0 Å². The normalized spacial score (nSPS) is 15.2. The first kappa shape index (κ1) is 17.1. The van der Waals surface area contributed by atoms with Crippen molar-refractivity contribution in [1.82, 2.24) is 4.72 Å². The second-order valence-corrected chi connectivity index (χ2v) is 7.43. The molecule has 0 spiro atoms. The summed E-state index contributed by atoms with van der Waals surface area (Å²) in [6, 6.07) is 5.57. The molecule has 1 unspecified atom stereocenters. The highest BCUT2D eigenvalue weighted by Gasteiger charge is 2.29. The van der Waals surface area contributed by atoms with Crippen molar-refractivity contribution >= 4 is 22.6 Å². The molecule has 0 aliphatic rings. The Balaban J connectivity index is 2.83. The summed E-state index contributed by atoms with van der Waals surface area (Å²) in [7, 11) is -5.15. The quantitative estimate of drug-likeness (QED) is 0.640. The number of alkyl halides is 1. The molecular formula is C12H19BFNO4S. The number of rotatable bonds is 6. The van der Waals surface area contributed by atoms with Gasteiger partial charge >= 0.3 is 7.12 Å². The van der Waals surface area contributed by atoms with Gasteiger partial charge in [0.1, 0.15) is 5.67 Å². The summed E-state index contributed by atoms with van der Waals surface area (Å²) in [6.45, 7) is 3.90. The molecule has 0 bridgehead atoms. The number of nitrogens with one attached hydrogen (secondary N) is 1. The minimum Gasteiger partial charge on any atom is -0.423 e. The standard InChI is InChI=1S/C12H19BFNO4S/c1-9(2)20(18,19)15-8-12(3,14)10-4-6-11(7-5-10)13(16)17/h4-7,9,15-17H,8H2,1-3H3. The predicted molar refractivity (Wildman–Crippen MR) is 76.8 cm³/mol. The van der Waals surface area contributed by atoms with Gasteiger partial charge in [0.25, 0.3) is 0 Å². The van der Waals surface area contributed by atoms with E-state index in [0.29, 0.717) is 0 Å². The van der Waals surface area contributed by atoms with Gasteiger partial charge in [-0.3, -0.25) is 0 Å². The molecule has 0 radical (unpaired) electrons. The molecule has 1 aromatic carbocycles. The van der Waals surface area contributed by atoms with Crippen molar-refractivity contribution < 1.29 is 22.9 Å². The Bertz CT molecular complexity index is 543. The first-order valence-electron chi connectivity index (χ1n) is 6.20. The van der Waals surface area contributed by atoms with E-state index in [9.17, 15) is 12.8 Å². The fraction of sp³-hybridized carbons (Fsp3) is 0.500. The average molecular weight is 303 g/mol. The monoisotopic (exact) mass is 303 g/mol. The summed E-state index contributed by atoms with van der Waals surface area (Å²) in [5, 5.41) is 17.3. The maximum atomic E-state index is 14.5. The third kappa shape index (κ3) is 4.27. The third-order valence-electron chi connectivity index (χ3n) is 3.04. The highest BCUT2D eigenvalue weighted by molar-refractivity contribution is 7.90. The molecule has 3 N–H and O–H groups in total. The van der Waals surface area contributed by atoms with Crippen LogP contribution in [0.25, 0.3) is 0 Å². The zero-order valence-electron chi connectivity index (χ0n) is 11.7. The summed E-state index contributed by atoms with van der Waals surface area (Å²) in [4.78, 5) is 0. The van der Waals surface area contributed by atoms with Gasteiger partial charge in [0.2, 0.25) is 10.0 Å². The first-order chi connectivity index (χ1) is 9.06. The maximum absolute atomic E-state index is 14.5. The van der Waals surface area contributed by atoms with E-state index in [4.69, 9.17) is 10.0 Å². The van der Waals surface area contributed by atoms with Crippen LogP contribution in [0.5, 0.6) is 0 Å². The van der Waals surface area contributed by atoms with Gasteiger partial charge in [-0.1, -0.05) is 24.3 Å². The Morgan fingerprint density at radius 3 is 2.20 bits per heavy atom. The SMILES string of the molecule is CC(C)S(=O)(=O)NCC(C)(F)c1ccc(B(O)O)cc1. The van der Waals surface area contributed by atoms with Gasteiger partial charge in [-0.25, -0.2) is 17.5 Å². The van der Waals surface area contributed by atoms with Crippen LogP contribution >= 0.6 is 0 Å². The Hall–Kier alpha value is -0.955. The summed E-state index contributed by atoms with van der Waals surface area (Å²) >= 11 is 0. The summed E-state index contributed by atoms with van der Waals surface area (Å²) < 4.78 is 39.9. The van der Waals surface area contributed by atoms with Crippen molar-refractivity contribution in [2.24, 2.45) is 0 Å². The van der Waals surface area contributed by atoms with Crippen molar-refractivity contribution in [3.05, 3.63) is 29.8 Å². The maximum Gasteiger partial charge on any atom is 0.488 e. The summed E-state index contributed by atoms with van der Waals surface area (Å²) in [5.41, 5.74) is -1.39.